The van der Waals surface area contributed by atoms with Crippen LogP contribution in [0.3, 0.4) is 0 Å². The number of rotatable bonds is 6. The molecule has 2 N–H and O–H groups in total. The molecule has 23 heavy (non-hydrogen) atoms. The van der Waals surface area contributed by atoms with Gasteiger partial charge in [-0.05, 0) is 41.6 Å². The number of hydrogen-bond donors (Lipinski definition) is 2. The zero-order valence-electron chi connectivity index (χ0n) is 11.6. The number of alkyl halides is 2. The van der Waals surface area contributed by atoms with E-state index in [1.54, 1.807) is 18.2 Å². The molecule has 1 aromatic carbocycles. The average molecular weight is 463 g/mol. The summed E-state index contributed by atoms with van der Waals surface area (Å²) in [6.07, 6.45) is -2.42. The van der Waals surface area contributed by atoms with Gasteiger partial charge in [-0.25, -0.2) is 0 Å². The van der Waals surface area contributed by atoms with E-state index in [2.05, 4.69) is 10.1 Å². The Hall–Kier alpha value is -1.34. The van der Waals surface area contributed by atoms with Crippen molar-refractivity contribution in [2.24, 2.45) is 0 Å². The maximum Gasteiger partial charge on any atom is 0.405 e. The van der Waals surface area contributed by atoms with Crippen LogP contribution in [0.4, 0.5) is 8.78 Å². The topological polar surface area (TPSA) is 110 Å². The van der Waals surface area contributed by atoms with Crippen LogP contribution < -0.4 is 5.32 Å². The Morgan fingerprint density at radius 3 is 2.48 bits per heavy atom. The molecule has 128 valence electrons. The minimum atomic E-state index is -5.73. The third kappa shape index (κ3) is 5.07. The minimum absolute atomic E-state index is 0.275. The first-order valence-corrected chi connectivity index (χ1v) is 8.55. The largest absolute Gasteiger partial charge is 0.454 e. The average Bonchev–Trinajstić information content (AvgIpc) is 2.44. The third-order valence-corrected chi connectivity index (χ3v) is 4.60. The summed E-state index contributed by atoms with van der Waals surface area (Å²) in [6.45, 7) is -0.136. The van der Waals surface area contributed by atoms with Gasteiger partial charge < -0.3 is 10.1 Å². The number of halogens is 3. The lowest BCUT2D eigenvalue weighted by atomic mass is 10.2. The lowest BCUT2D eigenvalue weighted by Gasteiger charge is -2.20. The van der Waals surface area contributed by atoms with Gasteiger partial charge in [0.15, 0.2) is 6.10 Å². The molecular formula is C12H12F2INO6S. The fraction of sp³-hybridized carbons (Fsp3) is 0.333. The summed E-state index contributed by atoms with van der Waals surface area (Å²) in [5.41, 5.74) is 0.275. The van der Waals surface area contributed by atoms with E-state index in [0.717, 1.165) is 0 Å². The molecule has 1 unspecified atom stereocenters. The lowest BCUT2D eigenvalue weighted by Crippen LogP contribution is -2.43. The Labute approximate surface area is 144 Å². The van der Waals surface area contributed by atoms with E-state index in [9.17, 15) is 26.8 Å². The van der Waals surface area contributed by atoms with E-state index >= 15 is 0 Å². The quantitative estimate of drug-likeness (QED) is 0.376. The summed E-state index contributed by atoms with van der Waals surface area (Å²) in [5, 5.41) is -2.49. The molecule has 0 saturated heterocycles. The highest BCUT2D eigenvalue weighted by Gasteiger charge is 2.51. The van der Waals surface area contributed by atoms with E-state index in [4.69, 9.17) is 4.55 Å². The number of esters is 1. The van der Waals surface area contributed by atoms with E-state index in [1.807, 2.05) is 22.6 Å². The SMILES string of the molecule is CC(OC(=O)CNC(=O)c1ccccc1I)C(F)(F)S(=O)(=O)O. The lowest BCUT2D eigenvalue weighted by molar-refractivity contribution is -0.158. The van der Waals surface area contributed by atoms with Gasteiger partial charge in [-0.15, -0.1) is 0 Å². The zero-order chi connectivity index (χ0) is 17.8. The maximum absolute atomic E-state index is 13.2. The molecule has 0 spiro atoms. The van der Waals surface area contributed by atoms with Crippen LogP contribution in [0.15, 0.2) is 24.3 Å². The molecule has 1 amide bonds. The second kappa shape index (κ2) is 7.49. The highest BCUT2D eigenvalue weighted by atomic mass is 127. The molecule has 1 atom stereocenters. The van der Waals surface area contributed by atoms with Crippen LogP contribution in [0, 0.1) is 3.57 Å². The smallest absolute Gasteiger partial charge is 0.405 e. The van der Waals surface area contributed by atoms with Crippen molar-refractivity contribution in [2.75, 3.05) is 6.54 Å². The molecule has 1 aromatic rings. The molecule has 0 aliphatic carbocycles. The summed E-state index contributed by atoms with van der Waals surface area (Å²) in [4.78, 5) is 23.2. The van der Waals surface area contributed by atoms with Crippen molar-refractivity contribution >= 4 is 44.6 Å². The standard InChI is InChI=1S/C12H12F2INO6S/c1-7(12(13,14)23(19,20)21)22-10(17)6-16-11(18)8-4-2-3-5-9(8)15/h2-5,7H,6H2,1H3,(H,16,18)(H,19,20,21). The number of benzene rings is 1. The van der Waals surface area contributed by atoms with Crippen LogP contribution in [0.2, 0.25) is 0 Å². The second-order valence-electron chi connectivity index (χ2n) is 4.33. The predicted molar refractivity (Wildman–Crippen MR) is 83.5 cm³/mol. The first kappa shape index (κ1) is 19.7. The number of carbonyl (C=O) groups is 2. The molecule has 11 heteroatoms. The van der Waals surface area contributed by atoms with Gasteiger partial charge in [-0.3, -0.25) is 14.1 Å². The molecule has 0 saturated carbocycles. The Morgan fingerprint density at radius 1 is 1.39 bits per heavy atom. The Kier molecular flexibility index (Phi) is 6.41. The molecule has 0 fully saturated rings. The van der Waals surface area contributed by atoms with Gasteiger partial charge in [0.2, 0.25) is 0 Å². The fourth-order valence-corrected chi connectivity index (χ4v) is 2.51. The summed E-state index contributed by atoms with van der Waals surface area (Å²) in [5.74, 6) is -1.90. The number of nitrogens with one attached hydrogen (secondary N) is 1. The molecular weight excluding hydrogens is 451 g/mol. The van der Waals surface area contributed by atoms with Gasteiger partial charge in [0.25, 0.3) is 5.91 Å². The van der Waals surface area contributed by atoms with Gasteiger partial charge in [-0.1, -0.05) is 12.1 Å². The van der Waals surface area contributed by atoms with Crippen molar-refractivity contribution < 1.29 is 36.1 Å². The van der Waals surface area contributed by atoms with Gasteiger partial charge in [0, 0.05) is 3.57 Å². The number of amides is 1. The molecule has 0 aromatic heterocycles. The van der Waals surface area contributed by atoms with Crippen molar-refractivity contribution in [3.63, 3.8) is 0 Å². The van der Waals surface area contributed by atoms with Gasteiger partial charge in [0.1, 0.15) is 6.54 Å². The Balaban J connectivity index is 2.62. The van der Waals surface area contributed by atoms with Crippen molar-refractivity contribution in [1.82, 2.24) is 5.32 Å². The zero-order valence-corrected chi connectivity index (χ0v) is 14.6. The second-order valence-corrected chi connectivity index (χ2v) is 6.99. The van der Waals surface area contributed by atoms with Crippen LogP contribution in [0.25, 0.3) is 0 Å². The molecule has 0 radical (unpaired) electrons. The fourth-order valence-electron chi connectivity index (χ4n) is 1.41. The van der Waals surface area contributed by atoms with Gasteiger partial charge in [0.05, 0.1) is 5.56 Å². The summed E-state index contributed by atoms with van der Waals surface area (Å²) in [6, 6.07) is 6.45. The van der Waals surface area contributed by atoms with Crippen molar-refractivity contribution in [1.29, 1.82) is 0 Å². The molecule has 7 nitrogen and oxygen atoms in total. The molecule has 0 aliphatic heterocycles. The van der Waals surface area contributed by atoms with Crippen molar-refractivity contribution in [3.05, 3.63) is 33.4 Å². The predicted octanol–water partition coefficient (Wildman–Crippen LogP) is 1.43. The Bertz CT molecular complexity index is 709. The third-order valence-electron chi connectivity index (χ3n) is 2.64. The minimum Gasteiger partial charge on any atom is -0.454 e. The van der Waals surface area contributed by atoms with Gasteiger partial charge in [-0.2, -0.15) is 17.2 Å². The number of carbonyl (C=O) groups excluding carboxylic acids is 2. The van der Waals surface area contributed by atoms with E-state index < -0.39 is 39.9 Å². The van der Waals surface area contributed by atoms with Crippen LogP contribution >= 0.6 is 22.6 Å². The number of hydrogen-bond acceptors (Lipinski definition) is 5. The summed E-state index contributed by atoms with van der Waals surface area (Å²) in [7, 11) is -5.73. The highest BCUT2D eigenvalue weighted by Crippen LogP contribution is 2.26. The Morgan fingerprint density at radius 2 is 1.96 bits per heavy atom. The van der Waals surface area contributed by atoms with Crippen LogP contribution in [0.1, 0.15) is 17.3 Å². The normalized spacial score (nSPS) is 13.3. The van der Waals surface area contributed by atoms with E-state index in [1.165, 1.54) is 6.07 Å². The van der Waals surface area contributed by atoms with E-state index in [-0.39, 0.29) is 5.56 Å². The first-order valence-electron chi connectivity index (χ1n) is 6.04. The van der Waals surface area contributed by atoms with Gasteiger partial charge >= 0.3 is 21.3 Å². The maximum atomic E-state index is 13.2. The number of ether oxygens (including phenoxy) is 1. The summed E-state index contributed by atoms with van der Waals surface area (Å²) < 4.78 is 60.6. The summed E-state index contributed by atoms with van der Waals surface area (Å²) >= 11 is 1.90. The molecule has 1 rings (SSSR count). The monoisotopic (exact) mass is 463 g/mol. The van der Waals surface area contributed by atoms with Crippen molar-refractivity contribution in [3.8, 4) is 0 Å². The highest BCUT2D eigenvalue weighted by molar-refractivity contribution is 14.1. The molecule has 0 bridgehead atoms. The molecule has 0 heterocycles. The van der Waals surface area contributed by atoms with Crippen LogP contribution in [-0.2, 0) is 19.6 Å². The van der Waals surface area contributed by atoms with Crippen LogP contribution in [-0.4, -0.2) is 42.8 Å². The first-order chi connectivity index (χ1) is 10.5. The van der Waals surface area contributed by atoms with Crippen LogP contribution in [0.5, 0.6) is 0 Å². The van der Waals surface area contributed by atoms with Crippen molar-refractivity contribution in [2.45, 2.75) is 18.3 Å². The van der Waals surface area contributed by atoms with E-state index in [0.29, 0.717) is 10.5 Å². The molecule has 0 aliphatic rings.